The number of hydrogen-bond acceptors (Lipinski definition) is 3. The smallest absolute Gasteiger partial charge is 0.262 e. The number of halogens is 1. The predicted octanol–water partition coefficient (Wildman–Crippen LogP) is 4.29. The third-order valence-electron chi connectivity index (χ3n) is 3.35. The molecule has 2 aromatic carbocycles. The lowest BCUT2D eigenvalue weighted by Gasteiger charge is -2.13. The maximum absolute atomic E-state index is 12.1. The quantitative estimate of drug-likeness (QED) is 0.793. The van der Waals surface area contributed by atoms with Crippen molar-refractivity contribution in [3.05, 3.63) is 57.6 Å². The van der Waals surface area contributed by atoms with Gasteiger partial charge in [0.15, 0.2) is 12.4 Å². The van der Waals surface area contributed by atoms with Gasteiger partial charge in [0.05, 0.1) is 5.69 Å². The number of benzene rings is 2. The van der Waals surface area contributed by atoms with E-state index in [9.17, 15) is 9.59 Å². The molecule has 0 radical (unpaired) electrons. The monoisotopic (exact) mass is 375 g/mol. The molecule has 23 heavy (non-hydrogen) atoms. The molecule has 0 aliphatic carbocycles. The predicted molar refractivity (Wildman–Crippen MR) is 94.2 cm³/mol. The fourth-order valence-electron chi connectivity index (χ4n) is 2.35. The van der Waals surface area contributed by atoms with Gasteiger partial charge in [0.1, 0.15) is 5.75 Å². The lowest BCUT2D eigenvalue weighted by molar-refractivity contribution is -0.118. The number of aryl methyl sites for hydroxylation is 2. The number of hydrogen-bond donors (Lipinski definition) is 1. The highest BCUT2D eigenvalue weighted by molar-refractivity contribution is 9.10. The van der Waals surface area contributed by atoms with Crippen LogP contribution in [0.3, 0.4) is 0 Å². The van der Waals surface area contributed by atoms with Crippen LogP contribution in [-0.4, -0.2) is 18.3 Å². The third-order valence-corrected chi connectivity index (χ3v) is 3.81. The molecule has 0 fully saturated rings. The molecule has 1 amide bonds. The molecule has 0 saturated heterocycles. The number of para-hydroxylation sites is 1. The number of Topliss-reactive ketones (excluding diaryl/α,β-unsaturated/α-hetero) is 1. The number of ether oxygens (including phenoxy) is 1. The van der Waals surface area contributed by atoms with Gasteiger partial charge >= 0.3 is 0 Å². The molecule has 0 heterocycles. The third kappa shape index (κ3) is 4.42. The number of carbonyl (C=O) groups excluding carboxylic acids is 2. The number of carbonyl (C=O) groups is 2. The maximum atomic E-state index is 12.1. The summed E-state index contributed by atoms with van der Waals surface area (Å²) in [5, 5.41) is 2.72. The van der Waals surface area contributed by atoms with Crippen LogP contribution in [0.25, 0.3) is 0 Å². The molecule has 120 valence electrons. The Labute approximate surface area is 144 Å². The summed E-state index contributed by atoms with van der Waals surface area (Å²) in [6.07, 6.45) is 0. The van der Waals surface area contributed by atoms with Crippen LogP contribution in [0.5, 0.6) is 5.75 Å². The van der Waals surface area contributed by atoms with Crippen LogP contribution in [0.15, 0.2) is 40.9 Å². The Bertz CT molecular complexity index is 733. The van der Waals surface area contributed by atoms with Gasteiger partial charge in [-0.1, -0.05) is 28.1 Å². The lowest BCUT2D eigenvalue weighted by atomic mass is 10.1. The molecule has 2 aromatic rings. The molecular formula is C18H18BrNO3. The average molecular weight is 376 g/mol. The van der Waals surface area contributed by atoms with Gasteiger partial charge in [-0.15, -0.1) is 0 Å². The normalized spacial score (nSPS) is 10.3. The van der Waals surface area contributed by atoms with Crippen molar-refractivity contribution < 1.29 is 14.3 Å². The number of amides is 1. The number of ketones is 1. The molecule has 1 N–H and O–H groups in total. The highest BCUT2D eigenvalue weighted by atomic mass is 79.9. The Balaban J connectivity index is 2.06. The van der Waals surface area contributed by atoms with Crippen LogP contribution < -0.4 is 10.1 Å². The van der Waals surface area contributed by atoms with Gasteiger partial charge in [0.25, 0.3) is 5.91 Å². The Hall–Kier alpha value is -2.14. The van der Waals surface area contributed by atoms with Gasteiger partial charge in [-0.2, -0.15) is 0 Å². The summed E-state index contributed by atoms with van der Waals surface area (Å²) in [4.78, 5) is 23.7. The minimum absolute atomic E-state index is 0.0959. The number of anilines is 1. The second-order valence-electron chi connectivity index (χ2n) is 5.31. The van der Waals surface area contributed by atoms with Crippen LogP contribution >= 0.6 is 15.9 Å². The van der Waals surface area contributed by atoms with Crippen molar-refractivity contribution in [1.82, 2.24) is 0 Å². The van der Waals surface area contributed by atoms with Gasteiger partial charge in [0, 0.05) is 10.0 Å². The zero-order chi connectivity index (χ0) is 17.0. The molecule has 2 rings (SSSR count). The summed E-state index contributed by atoms with van der Waals surface area (Å²) in [5.74, 6) is 0.296. The molecule has 0 aliphatic rings. The molecule has 0 unspecified atom stereocenters. The van der Waals surface area contributed by atoms with Crippen LogP contribution in [0.4, 0.5) is 5.69 Å². The molecule has 0 aliphatic heterocycles. The molecular weight excluding hydrogens is 358 g/mol. The topological polar surface area (TPSA) is 55.4 Å². The Morgan fingerprint density at radius 1 is 1.13 bits per heavy atom. The Kier molecular flexibility index (Phi) is 5.55. The summed E-state index contributed by atoms with van der Waals surface area (Å²) < 4.78 is 6.61. The zero-order valence-corrected chi connectivity index (χ0v) is 14.9. The molecule has 0 saturated carbocycles. The zero-order valence-electron chi connectivity index (χ0n) is 13.3. The lowest BCUT2D eigenvalue weighted by Crippen LogP contribution is -2.21. The van der Waals surface area contributed by atoms with Crippen molar-refractivity contribution in [3.63, 3.8) is 0 Å². The van der Waals surface area contributed by atoms with Crippen molar-refractivity contribution in [2.24, 2.45) is 0 Å². The summed E-state index contributed by atoms with van der Waals surface area (Å²) in [6.45, 7) is 5.21. The van der Waals surface area contributed by atoms with Gasteiger partial charge in [-0.3, -0.25) is 9.59 Å². The van der Waals surface area contributed by atoms with E-state index in [1.807, 2.05) is 26.0 Å². The van der Waals surface area contributed by atoms with E-state index in [0.29, 0.717) is 17.0 Å². The van der Waals surface area contributed by atoms with Gasteiger partial charge in [-0.05, 0) is 56.2 Å². The minimum atomic E-state index is -0.305. The summed E-state index contributed by atoms with van der Waals surface area (Å²) in [7, 11) is 0. The highest BCUT2D eigenvalue weighted by Gasteiger charge is 2.12. The van der Waals surface area contributed by atoms with Gasteiger partial charge < -0.3 is 10.1 Å². The maximum Gasteiger partial charge on any atom is 0.262 e. The standard InChI is InChI=1S/C18H18BrNO3/c1-11-8-14(19)9-12(2)18(11)23-10-17(22)20-16-7-5-4-6-15(16)13(3)21/h4-9H,10H2,1-3H3,(H,20,22). The SMILES string of the molecule is CC(=O)c1ccccc1NC(=O)COc1c(C)cc(Br)cc1C. The first-order valence-corrected chi connectivity index (χ1v) is 7.97. The van der Waals surface area contributed by atoms with Crippen LogP contribution in [0.2, 0.25) is 0 Å². The van der Waals surface area contributed by atoms with Crippen molar-refractivity contribution in [2.75, 3.05) is 11.9 Å². The summed E-state index contributed by atoms with van der Waals surface area (Å²) in [5.41, 5.74) is 2.89. The average Bonchev–Trinajstić information content (AvgIpc) is 2.46. The highest BCUT2D eigenvalue weighted by Crippen LogP contribution is 2.27. The van der Waals surface area contributed by atoms with E-state index < -0.39 is 0 Å². The second-order valence-corrected chi connectivity index (χ2v) is 6.22. The Morgan fingerprint density at radius 2 is 1.74 bits per heavy atom. The van der Waals surface area contributed by atoms with Crippen molar-refractivity contribution in [1.29, 1.82) is 0 Å². The van der Waals surface area contributed by atoms with E-state index in [4.69, 9.17) is 4.74 Å². The van der Waals surface area contributed by atoms with Gasteiger partial charge in [-0.25, -0.2) is 0 Å². The summed E-state index contributed by atoms with van der Waals surface area (Å²) >= 11 is 3.43. The second kappa shape index (κ2) is 7.42. The van der Waals surface area contributed by atoms with E-state index in [1.165, 1.54) is 6.92 Å². The fraction of sp³-hybridized carbons (Fsp3) is 0.222. The molecule has 0 bridgehead atoms. The first-order chi connectivity index (χ1) is 10.9. The number of rotatable bonds is 5. The van der Waals surface area contributed by atoms with Crippen LogP contribution in [0, 0.1) is 13.8 Å². The molecule has 5 heteroatoms. The first kappa shape index (κ1) is 17.2. The van der Waals surface area contributed by atoms with E-state index in [-0.39, 0.29) is 18.3 Å². The Morgan fingerprint density at radius 3 is 2.35 bits per heavy atom. The van der Waals surface area contributed by atoms with E-state index in [2.05, 4.69) is 21.2 Å². The van der Waals surface area contributed by atoms with Crippen LogP contribution in [-0.2, 0) is 4.79 Å². The first-order valence-electron chi connectivity index (χ1n) is 7.18. The largest absolute Gasteiger partial charge is 0.483 e. The van der Waals surface area contributed by atoms with Crippen molar-refractivity contribution in [3.8, 4) is 5.75 Å². The van der Waals surface area contributed by atoms with Gasteiger partial charge in [0.2, 0.25) is 0 Å². The van der Waals surface area contributed by atoms with E-state index >= 15 is 0 Å². The van der Waals surface area contributed by atoms with E-state index in [0.717, 1.165) is 15.6 Å². The van der Waals surface area contributed by atoms with Crippen molar-refractivity contribution >= 4 is 33.3 Å². The van der Waals surface area contributed by atoms with Crippen molar-refractivity contribution in [2.45, 2.75) is 20.8 Å². The fourth-order valence-corrected chi connectivity index (χ4v) is 3.03. The molecule has 0 atom stereocenters. The minimum Gasteiger partial charge on any atom is -0.483 e. The molecule has 0 spiro atoms. The van der Waals surface area contributed by atoms with Crippen LogP contribution in [0.1, 0.15) is 28.4 Å². The molecule has 4 nitrogen and oxygen atoms in total. The molecule has 0 aromatic heterocycles. The number of nitrogens with one attached hydrogen (secondary N) is 1. The van der Waals surface area contributed by atoms with E-state index in [1.54, 1.807) is 24.3 Å². The summed E-state index contributed by atoms with van der Waals surface area (Å²) in [6, 6.07) is 10.8.